The first-order chi connectivity index (χ1) is 11.3. The van der Waals surface area contributed by atoms with Crippen LogP contribution in [0.15, 0.2) is 47.6 Å². The Kier molecular flexibility index (Phi) is 7.99. The smallest absolute Gasteiger partial charge is 0.328 e. The van der Waals surface area contributed by atoms with Crippen LogP contribution in [-0.4, -0.2) is 29.4 Å². The van der Waals surface area contributed by atoms with Gasteiger partial charge < -0.3 is 14.9 Å². The molecule has 4 heteroatoms. The maximum atomic E-state index is 10.6. The largest absolute Gasteiger partial charge is 0.496 e. The van der Waals surface area contributed by atoms with Gasteiger partial charge in [0.05, 0.1) is 13.2 Å². The molecular weight excluding hydrogens is 304 g/mol. The van der Waals surface area contributed by atoms with Gasteiger partial charge in [-0.15, -0.1) is 0 Å². The molecule has 0 amide bonds. The maximum Gasteiger partial charge on any atom is 0.328 e. The van der Waals surface area contributed by atoms with Crippen LogP contribution in [-0.2, 0) is 11.2 Å². The van der Waals surface area contributed by atoms with E-state index in [0.717, 1.165) is 28.5 Å². The van der Waals surface area contributed by atoms with Gasteiger partial charge >= 0.3 is 5.97 Å². The zero-order valence-electron chi connectivity index (χ0n) is 14.7. The third-order valence-electron chi connectivity index (χ3n) is 3.64. The molecule has 0 unspecified atom stereocenters. The van der Waals surface area contributed by atoms with Crippen molar-refractivity contribution >= 4 is 12.0 Å². The van der Waals surface area contributed by atoms with Crippen molar-refractivity contribution in [3.8, 4) is 5.75 Å². The molecule has 24 heavy (non-hydrogen) atoms. The van der Waals surface area contributed by atoms with Crippen LogP contribution >= 0.6 is 0 Å². The number of allylic oxidation sites excluding steroid dienone is 2. The summed E-state index contributed by atoms with van der Waals surface area (Å²) in [6.07, 6.45) is 7.35. The number of aliphatic hydroxyl groups excluding tert-OH is 1. The van der Waals surface area contributed by atoms with Crippen molar-refractivity contribution < 1.29 is 19.7 Å². The molecule has 0 radical (unpaired) electrons. The number of carboxylic acid groups (broad SMARTS) is 1. The van der Waals surface area contributed by atoms with E-state index in [9.17, 15) is 9.90 Å². The van der Waals surface area contributed by atoms with E-state index in [0.29, 0.717) is 12.8 Å². The van der Waals surface area contributed by atoms with E-state index in [2.05, 4.69) is 0 Å². The SMILES string of the molecule is COc1ccc(C=CC(=O)O)cc1CC=C(C)[C@H](O)CC=C(C)C. The van der Waals surface area contributed by atoms with Gasteiger partial charge in [-0.25, -0.2) is 4.79 Å². The molecule has 0 aliphatic rings. The second-order valence-corrected chi connectivity index (χ2v) is 5.93. The number of carbonyl (C=O) groups is 1. The zero-order chi connectivity index (χ0) is 18.1. The van der Waals surface area contributed by atoms with Crippen molar-refractivity contribution in [3.63, 3.8) is 0 Å². The van der Waals surface area contributed by atoms with Crippen molar-refractivity contribution in [2.24, 2.45) is 0 Å². The molecule has 1 rings (SSSR count). The van der Waals surface area contributed by atoms with Crippen molar-refractivity contribution in [3.05, 3.63) is 58.7 Å². The number of aliphatic carboxylic acids is 1. The molecule has 1 aromatic carbocycles. The number of aliphatic hydroxyl groups is 1. The van der Waals surface area contributed by atoms with Gasteiger partial charge in [0.15, 0.2) is 0 Å². The molecule has 0 aromatic heterocycles. The molecule has 0 aliphatic carbocycles. The second-order valence-electron chi connectivity index (χ2n) is 5.93. The first kappa shape index (κ1) is 19.7. The molecule has 0 bridgehead atoms. The molecule has 0 spiro atoms. The van der Waals surface area contributed by atoms with Crippen molar-refractivity contribution in [2.75, 3.05) is 7.11 Å². The number of hydrogen-bond acceptors (Lipinski definition) is 3. The van der Waals surface area contributed by atoms with E-state index in [1.807, 2.05) is 51.1 Å². The van der Waals surface area contributed by atoms with Crippen LogP contribution in [0.3, 0.4) is 0 Å². The summed E-state index contributed by atoms with van der Waals surface area (Å²) in [7, 11) is 1.60. The molecule has 1 atom stereocenters. The molecule has 0 saturated carbocycles. The van der Waals surface area contributed by atoms with E-state index < -0.39 is 12.1 Å². The van der Waals surface area contributed by atoms with Crippen LogP contribution in [0.25, 0.3) is 6.08 Å². The maximum absolute atomic E-state index is 10.6. The van der Waals surface area contributed by atoms with Gasteiger partial charge in [0, 0.05) is 6.08 Å². The minimum atomic E-state index is -0.981. The topological polar surface area (TPSA) is 66.8 Å². The molecule has 130 valence electrons. The molecular formula is C20H26O4. The van der Waals surface area contributed by atoms with Crippen molar-refractivity contribution in [1.82, 2.24) is 0 Å². The molecule has 0 saturated heterocycles. The van der Waals surface area contributed by atoms with Gasteiger partial charge in [-0.2, -0.15) is 0 Å². The average Bonchev–Trinajstić information content (AvgIpc) is 2.55. The summed E-state index contributed by atoms with van der Waals surface area (Å²) in [5.74, 6) is -0.240. The second kappa shape index (κ2) is 9.73. The standard InChI is InChI=1S/C20H26O4/c1-14(2)5-10-18(21)15(3)6-9-17-13-16(8-12-20(22)23)7-11-19(17)24-4/h5-8,11-13,18,21H,9-10H2,1-4H3,(H,22,23)/t18-/m1/s1. The third kappa shape index (κ3) is 6.84. The quantitative estimate of drug-likeness (QED) is 0.558. The Bertz CT molecular complexity index is 650. The van der Waals surface area contributed by atoms with Gasteiger partial charge in [-0.05, 0) is 68.5 Å². The highest BCUT2D eigenvalue weighted by Crippen LogP contribution is 2.22. The summed E-state index contributed by atoms with van der Waals surface area (Å²) < 4.78 is 5.36. The Hall–Kier alpha value is -2.33. The summed E-state index contributed by atoms with van der Waals surface area (Å²) in [4.78, 5) is 10.6. The molecule has 0 aliphatic heterocycles. The van der Waals surface area contributed by atoms with Crippen LogP contribution in [0.5, 0.6) is 5.75 Å². The Labute approximate surface area is 143 Å². The van der Waals surface area contributed by atoms with Crippen LogP contribution in [0.4, 0.5) is 0 Å². The number of benzene rings is 1. The van der Waals surface area contributed by atoms with Gasteiger partial charge in [0.2, 0.25) is 0 Å². The fourth-order valence-corrected chi connectivity index (χ4v) is 2.17. The lowest BCUT2D eigenvalue weighted by Gasteiger charge is -2.11. The van der Waals surface area contributed by atoms with E-state index in [1.54, 1.807) is 13.2 Å². The minimum absolute atomic E-state index is 0.499. The van der Waals surface area contributed by atoms with Crippen molar-refractivity contribution in [1.29, 1.82) is 0 Å². The summed E-state index contributed by atoms with van der Waals surface area (Å²) in [5, 5.41) is 18.9. The lowest BCUT2D eigenvalue weighted by molar-refractivity contribution is -0.131. The Morgan fingerprint density at radius 1 is 1.25 bits per heavy atom. The number of rotatable bonds is 8. The molecule has 4 nitrogen and oxygen atoms in total. The van der Waals surface area contributed by atoms with E-state index >= 15 is 0 Å². The monoisotopic (exact) mass is 330 g/mol. The van der Waals surface area contributed by atoms with E-state index in [4.69, 9.17) is 9.84 Å². The highest BCUT2D eigenvalue weighted by atomic mass is 16.5. The van der Waals surface area contributed by atoms with Crippen LogP contribution < -0.4 is 4.74 Å². The molecule has 0 fully saturated rings. The van der Waals surface area contributed by atoms with E-state index in [-0.39, 0.29) is 0 Å². The fourth-order valence-electron chi connectivity index (χ4n) is 2.17. The molecule has 0 heterocycles. The number of hydrogen-bond donors (Lipinski definition) is 2. The van der Waals surface area contributed by atoms with Gasteiger partial charge in [0.1, 0.15) is 5.75 Å². The predicted octanol–water partition coefficient (Wildman–Crippen LogP) is 4.00. The Morgan fingerprint density at radius 2 is 1.96 bits per heavy atom. The lowest BCUT2D eigenvalue weighted by Crippen LogP contribution is -2.07. The van der Waals surface area contributed by atoms with Gasteiger partial charge in [-0.3, -0.25) is 0 Å². The molecule has 2 N–H and O–H groups in total. The van der Waals surface area contributed by atoms with Crippen LogP contribution in [0, 0.1) is 0 Å². The number of ether oxygens (including phenoxy) is 1. The minimum Gasteiger partial charge on any atom is -0.496 e. The fraction of sp³-hybridized carbons (Fsp3) is 0.350. The zero-order valence-corrected chi connectivity index (χ0v) is 14.7. The first-order valence-corrected chi connectivity index (χ1v) is 7.89. The summed E-state index contributed by atoms with van der Waals surface area (Å²) >= 11 is 0. The Morgan fingerprint density at radius 3 is 2.54 bits per heavy atom. The van der Waals surface area contributed by atoms with Crippen molar-refractivity contribution in [2.45, 2.75) is 39.7 Å². The third-order valence-corrected chi connectivity index (χ3v) is 3.64. The van der Waals surface area contributed by atoms with Crippen LogP contribution in [0.1, 0.15) is 38.3 Å². The first-order valence-electron chi connectivity index (χ1n) is 7.89. The number of carboxylic acids is 1. The summed E-state index contributed by atoms with van der Waals surface area (Å²) in [5.41, 5.74) is 3.82. The normalized spacial score (nSPS) is 13.0. The highest BCUT2D eigenvalue weighted by molar-refractivity contribution is 5.85. The average molecular weight is 330 g/mol. The van der Waals surface area contributed by atoms with Gasteiger partial charge in [-0.1, -0.05) is 23.8 Å². The highest BCUT2D eigenvalue weighted by Gasteiger charge is 2.07. The summed E-state index contributed by atoms with van der Waals surface area (Å²) in [6.45, 7) is 5.92. The van der Waals surface area contributed by atoms with Crippen LogP contribution in [0.2, 0.25) is 0 Å². The lowest BCUT2D eigenvalue weighted by atomic mass is 10.0. The van der Waals surface area contributed by atoms with Gasteiger partial charge in [0.25, 0.3) is 0 Å². The van der Waals surface area contributed by atoms with E-state index in [1.165, 1.54) is 5.57 Å². The predicted molar refractivity (Wildman–Crippen MR) is 97.2 cm³/mol. The summed E-state index contributed by atoms with van der Waals surface area (Å²) in [6, 6.07) is 5.52. The number of methoxy groups -OCH3 is 1. The Balaban J connectivity index is 2.91. The molecule has 1 aromatic rings.